The van der Waals surface area contributed by atoms with Gasteiger partial charge in [-0.3, -0.25) is 14.5 Å². The number of aliphatic carboxylic acids is 1. The number of nitrogens with zero attached hydrogens (tertiary/aromatic N) is 1. The first kappa shape index (κ1) is 17.9. The molecule has 0 bridgehead atoms. The highest BCUT2D eigenvalue weighted by Gasteiger charge is 2.35. The lowest BCUT2D eigenvalue weighted by atomic mass is 9.85. The van der Waals surface area contributed by atoms with Crippen molar-refractivity contribution in [3.8, 4) is 0 Å². The second-order valence-electron chi connectivity index (χ2n) is 5.65. The van der Waals surface area contributed by atoms with Crippen molar-refractivity contribution in [2.45, 2.75) is 64.6 Å². The molecule has 21 heavy (non-hydrogen) atoms. The number of ether oxygens (including phenoxy) is 1. The predicted octanol–water partition coefficient (Wildman–Crippen LogP) is 1.25. The van der Waals surface area contributed by atoms with Crippen LogP contribution in [-0.2, 0) is 14.3 Å². The number of carbonyl (C=O) groups is 2. The van der Waals surface area contributed by atoms with Crippen LogP contribution in [-0.4, -0.2) is 59.8 Å². The first-order valence-electron chi connectivity index (χ1n) is 7.85. The van der Waals surface area contributed by atoms with Crippen molar-refractivity contribution in [2.75, 3.05) is 19.7 Å². The van der Waals surface area contributed by atoms with Crippen molar-refractivity contribution < 1.29 is 19.4 Å². The summed E-state index contributed by atoms with van der Waals surface area (Å²) < 4.78 is 5.46. The number of carboxylic acids is 1. The molecular formula is C15H28N2O4. The first-order valence-corrected chi connectivity index (χ1v) is 7.85. The van der Waals surface area contributed by atoms with Gasteiger partial charge in [-0.2, -0.15) is 0 Å². The molecule has 1 aliphatic carbocycles. The van der Waals surface area contributed by atoms with Crippen LogP contribution in [0.15, 0.2) is 0 Å². The zero-order valence-electron chi connectivity index (χ0n) is 13.3. The molecule has 122 valence electrons. The molecule has 0 spiro atoms. The van der Waals surface area contributed by atoms with Gasteiger partial charge >= 0.3 is 5.97 Å². The van der Waals surface area contributed by atoms with E-state index in [0.717, 1.165) is 25.7 Å². The minimum Gasteiger partial charge on any atom is -0.480 e. The van der Waals surface area contributed by atoms with E-state index in [1.165, 1.54) is 0 Å². The minimum atomic E-state index is -0.803. The molecule has 2 N–H and O–H groups in total. The molecule has 1 saturated carbocycles. The number of hydrogen-bond acceptors (Lipinski definition) is 4. The normalized spacial score (nSPS) is 22.7. The summed E-state index contributed by atoms with van der Waals surface area (Å²) >= 11 is 0. The molecule has 0 radical (unpaired) electrons. The van der Waals surface area contributed by atoms with E-state index in [-0.39, 0.29) is 24.5 Å². The van der Waals surface area contributed by atoms with Gasteiger partial charge in [0.2, 0.25) is 5.91 Å². The van der Waals surface area contributed by atoms with Crippen molar-refractivity contribution in [3.63, 3.8) is 0 Å². The molecule has 1 fully saturated rings. The highest BCUT2D eigenvalue weighted by Crippen LogP contribution is 2.25. The van der Waals surface area contributed by atoms with Crippen LogP contribution in [0, 0.1) is 0 Å². The second-order valence-corrected chi connectivity index (χ2v) is 5.65. The number of carbonyl (C=O) groups excluding carboxylic acids is 1. The SMILES string of the molecule is CCCCOC(C)C(=O)NC1CC(N(CC)CC(=O)O)C1. The van der Waals surface area contributed by atoms with Crippen LogP contribution >= 0.6 is 0 Å². The molecular weight excluding hydrogens is 272 g/mol. The third-order valence-electron chi connectivity index (χ3n) is 3.96. The molecule has 0 aromatic heterocycles. The third-order valence-corrected chi connectivity index (χ3v) is 3.96. The largest absolute Gasteiger partial charge is 0.480 e. The minimum absolute atomic E-state index is 0.0678. The maximum atomic E-state index is 11.9. The standard InChI is InChI=1S/C15H28N2O4/c1-4-6-7-21-11(3)15(20)16-12-8-13(9-12)17(5-2)10-14(18)19/h11-13H,4-10H2,1-3H3,(H,16,20)(H,18,19). The summed E-state index contributed by atoms with van der Waals surface area (Å²) in [4.78, 5) is 24.6. The second kappa shape index (κ2) is 9.00. The Labute approximate surface area is 126 Å². The van der Waals surface area contributed by atoms with Crippen molar-refractivity contribution in [2.24, 2.45) is 0 Å². The highest BCUT2D eigenvalue weighted by molar-refractivity contribution is 5.80. The molecule has 0 aromatic rings. The zero-order chi connectivity index (χ0) is 15.8. The monoisotopic (exact) mass is 300 g/mol. The van der Waals surface area contributed by atoms with E-state index >= 15 is 0 Å². The highest BCUT2D eigenvalue weighted by atomic mass is 16.5. The van der Waals surface area contributed by atoms with Gasteiger partial charge in [0.1, 0.15) is 6.10 Å². The topological polar surface area (TPSA) is 78.9 Å². The van der Waals surface area contributed by atoms with E-state index in [0.29, 0.717) is 13.2 Å². The molecule has 6 nitrogen and oxygen atoms in total. The Kier molecular flexibility index (Phi) is 7.67. The van der Waals surface area contributed by atoms with Gasteiger partial charge in [0, 0.05) is 18.7 Å². The number of likely N-dealkylation sites (N-methyl/N-ethyl adjacent to an activating group) is 1. The number of rotatable bonds is 10. The number of hydrogen-bond donors (Lipinski definition) is 2. The Bertz CT molecular complexity index is 343. The number of unbranched alkanes of at least 4 members (excludes halogenated alkanes) is 1. The third kappa shape index (κ3) is 6.01. The van der Waals surface area contributed by atoms with Crippen LogP contribution in [0.1, 0.15) is 46.5 Å². The van der Waals surface area contributed by atoms with Crippen molar-refractivity contribution in [1.82, 2.24) is 10.2 Å². The average molecular weight is 300 g/mol. The fourth-order valence-electron chi connectivity index (χ4n) is 2.48. The van der Waals surface area contributed by atoms with Crippen molar-refractivity contribution in [3.05, 3.63) is 0 Å². The Morgan fingerprint density at radius 3 is 2.57 bits per heavy atom. The first-order chi connectivity index (χ1) is 9.97. The molecule has 1 unspecified atom stereocenters. The van der Waals surface area contributed by atoms with Gasteiger partial charge in [0.05, 0.1) is 6.54 Å². The van der Waals surface area contributed by atoms with Crippen LogP contribution in [0.5, 0.6) is 0 Å². The van der Waals surface area contributed by atoms with Crippen LogP contribution in [0.25, 0.3) is 0 Å². The molecule has 0 aromatic carbocycles. The number of nitrogens with one attached hydrogen (secondary N) is 1. The lowest BCUT2D eigenvalue weighted by Gasteiger charge is -2.42. The Morgan fingerprint density at radius 1 is 1.38 bits per heavy atom. The fourth-order valence-corrected chi connectivity index (χ4v) is 2.48. The lowest BCUT2D eigenvalue weighted by molar-refractivity contribution is -0.140. The van der Waals surface area contributed by atoms with E-state index in [2.05, 4.69) is 12.2 Å². The molecule has 1 atom stereocenters. The molecule has 0 heterocycles. The van der Waals surface area contributed by atoms with E-state index in [4.69, 9.17) is 9.84 Å². The number of amides is 1. The predicted molar refractivity (Wildman–Crippen MR) is 80.2 cm³/mol. The summed E-state index contributed by atoms with van der Waals surface area (Å²) in [5.74, 6) is -0.877. The Balaban J connectivity index is 2.24. The van der Waals surface area contributed by atoms with Gasteiger partial charge in [0.25, 0.3) is 0 Å². The summed E-state index contributed by atoms with van der Waals surface area (Å²) in [7, 11) is 0. The molecule has 1 aliphatic rings. The van der Waals surface area contributed by atoms with Gasteiger partial charge in [-0.1, -0.05) is 20.3 Å². The average Bonchev–Trinajstić information content (AvgIpc) is 2.39. The summed E-state index contributed by atoms with van der Waals surface area (Å²) in [6.45, 7) is 7.20. The van der Waals surface area contributed by atoms with Gasteiger partial charge in [-0.15, -0.1) is 0 Å². The van der Waals surface area contributed by atoms with E-state index in [1.807, 2.05) is 11.8 Å². The van der Waals surface area contributed by atoms with E-state index in [1.54, 1.807) is 6.92 Å². The maximum Gasteiger partial charge on any atom is 0.317 e. The summed E-state index contributed by atoms with van der Waals surface area (Å²) in [6, 6.07) is 0.398. The van der Waals surface area contributed by atoms with Crippen LogP contribution in [0.4, 0.5) is 0 Å². The molecule has 1 rings (SSSR count). The van der Waals surface area contributed by atoms with Gasteiger partial charge < -0.3 is 15.2 Å². The quantitative estimate of drug-likeness (QED) is 0.594. The van der Waals surface area contributed by atoms with Crippen LogP contribution in [0.3, 0.4) is 0 Å². The summed E-state index contributed by atoms with van der Waals surface area (Å²) in [6.07, 6.45) is 3.22. The fraction of sp³-hybridized carbons (Fsp3) is 0.867. The lowest BCUT2D eigenvalue weighted by Crippen LogP contribution is -2.56. The smallest absolute Gasteiger partial charge is 0.317 e. The van der Waals surface area contributed by atoms with Crippen LogP contribution in [0.2, 0.25) is 0 Å². The molecule has 0 saturated heterocycles. The van der Waals surface area contributed by atoms with E-state index in [9.17, 15) is 9.59 Å². The van der Waals surface area contributed by atoms with Crippen molar-refractivity contribution in [1.29, 1.82) is 0 Å². The summed E-state index contributed by atoms with van der Waals surface area (Å²) in [5.41, 5.74) is 0. The molecule has 1 amide bonds. The zero-order valence-corrected chi connectivity index (χ0v) is 13.3. The van der Waals surface area contributed by atoms with Gasteiger partial charge in [-0.25, -0.2) is 0 Å². The number of carboxylic acid groups (broad SMARTS) is 1. The van der Waals surface area contributed by atoms with Crippen molar-refractivity contribution >= 4 is 11.9 Å². The Morgan fingerprint density at radius 2 is 2.05 bits per heavy atom. The van der Waals surface area contributed by atoms with Gasteiger partial charge in [-0.05, 0) is 32.7 Å². The van der Waals surface area contributed by atoms with E-state index < -0.39 is 12.1 Å². The maximum absolute atomic E-state index is 11.9. The molecule has 0 aliphatic heterocycles. The van der Waals surface area contributed by atoms with Gasteiger partial charge in [0.15, 0.2) is 0 Å². The molecule has 6 heteroatoms. The summed E-state index contributed by atoms with van der Waals surface area (Å²) in [5, 5.41) is 11.8. The Hall–Kier alpha value is -1.14. The van der Waals surface area contributed by atoms with Crippen LogP contribution < -0.4 is 5.32 Å².